The van der Waals surface area contributed by atoms with E-state index >= 15 is 0 Å². The van der Waals surface area contributed by atoms with Crippen molar-refractivity contribution >= 4 is 5.97 Å². The van der Waals surface area contributed by atoms with E-state index in [-0.39, 0.29) is 6.07 Å². The third kappa shape index (κ3) is 3.65. The summed E-state index contributed by atoms with van der Waals surface area (Å²) in [6, 6.07) is 0.0460. The minimum Gasteiger partial charge on any atom is -0.491 e. The van der Waals surface area contributed by atoms with Gasteiger partial charge < -0.3 is 14.6 Å². The molecule has 0 amide bonds. The number of pyridine rings is 1. The molecule has 0 saturated carbocycles. The smallest absolute Gasteiger partial charge is 0.491 e. The molecule has 0 bridgehead atoms. The molecule has 0 unspecified atom stereocenters. The Morgan fingerprint density at radius 1 is 1.25 bits per heavy atom. The highest BCUT2D eigenvalue weighted by atomic mass is 19.4. The fraction of sp³-hybridized carbons (Fsp3) is 0.333. The number of hydrogen-bond donors (Lipinski definition) is 1. The Kier molecular flexibility index (Phi) is 4.01. The first-order valence-electron chi connectivity index (χ1n) is 4.61. The summed E-state index contributed by atoms with van der Waals surface area (Å²) in [5.74, 6) is -4.63. The SMILES string of the molecule is COc1c(C(=O)O)cc(C(F)(F)F)nc1OC(F)(F)F. The second-order valence-corrected chi connectivity index (χ2v) is 3.24. The number of aromatic carboxylic acids is 1. The number of ether oxygens (including phenoxy) is 2. The van der Waals surface area contributed by atoms with Gasteiger partial charge in [0.05, 0.1) is 7.11 Å². The van der Waals surface area contributed by atoms with Gasteiger partial charge in [-0.2, -0.15) is 13.2 Å². The van der Waals surface area contributed by atoms with E-state index in [1.807, 2.05) is 0 Å². The number of nitrogens with zero attached hydrogens (tertiary/aromatic N) is 1. The Morgan fingerprint density at radius 2 is 1.80 bits per heavy atom. The second kappa shape index (κ2) is 5.06. The number of aromatic nitrogens is 1. The van der Waals surface area contributed by atoms with E-state index < -0.39 is 41.4 Å². The van der Waals surface area contributed by atoms with Crippen LogP contribution in [0.5, 0.6) is 11.6 Å². The van der Waals surface area contributed by atoms with Crippen molar-refractivity contribution in [1.82, 2.24) is 4.98 Å². The van der Waals surface area contributed by atoms with Gasteiger partial charge in [0.1, 0.15) is 11.3 Å². The van der Waals surface area contributed by atoms with E-state index in [0.717, 1.165) is 7.11 Å². The highest BCUT2D eigenvalue weighted by molar-refractivity contribution is 5.91. The van der Waals surface area contributed by atoms with Gasteiger partial charge in [-0.3, -0.25) is 0 Å². The minimum atomic E-state index is -5.36. The van der Waals surface area contributed by atoms with Crippen LogP contribution in [-0.2, 0) is 6.18 Å². The molecule has 0 atom stereocenters. The third-order valence-electron chi connectivity index (χ3n) is 1.88. The van der Waals surface area contributed by atoms with Gasteiger partial charge in [-0.15, -0.1) is 13.2 Å². The number of carboxylic acid groups (broad SMARTS) is 1. The normalized spacial score (nSPS) is 12.2. The first-order valence-corrected chi connectivity index (χ1v) is 4.61. The summed E-state index contributed by atoms with van der Waals surface area (Å²) in [6.07, 6.45) is -10.5. The van der Waals surface area contributed by atoms with Gasteiger partial charge in [0.25, 0.3) is 5.88 Å². The van der Waals surface area contributed by atoms with Crippen LogP contribution in [0, 0.1) is 0 Å². The highest BCUT2D eigenvalue weighted by Crippen LogP contribution is 2.38. The monoisotopic (exact) mass is 305 g/mol. The summed E-state index contributed by atoms with van der Waals surface area (Å²) in [4.78, 5) is 13.4. The Morgan fingerprint density at radius 3 is 2.15 bits per heavy atom. The fourth-order valence-corrected chi connectivity index (χ4v) is 1.19. The molecule has 5 nitrogen and oxygen atoms in total. The molecule has 1 aromatic rings. The molecule has 0 saturated heterocycles. The molecular weight excluding hydrogens is 300 g/mol. The molecule has 0 fully saturated rings. The van der Waals surface area contributed by atoms with Crippen molar-refractivity contribution in [2.24, 2.45) is 0 Å². The molecular formula is C9H5F6NO4. The summed E-state index contributed by atoms with van der Waals surface area (Å²) in [5.41, 5.74) is -3.01. The molecule has 112 valence electrons. The van der Waals surface area contributed by atoms with Crippen LogP contribution in [-0.4, -0.2) is 29.5 Å². The van der Waals surface area contributed by atoms with Gasteiger partial charge in [0.2, 0.25) is 0 Å². The number of methoxy groups -OCH3 is 1. The van der Waals surface area contributed by atoms with Crippen LogP contribution < -0.4 is 9.47 Å². The minimum absolute atomic E-state index is 0.0460. The molecule has 1 aromatic heterocycles. The van der Waals surface area contributed by atoms with Gasteiger partial charge >= 0.3 is 18.5 Å². The van der Waals surface area contributed by atoms with Crippen LogP contribution in [0.15, 0.2) is 6.07 Å². The van der Waals surface area contributed by atoms with Crippen molar-refractivity contribution in [3.8, 4) is 11.6 Å². The predicted octanol–water partition coefficient (Wildman–Crippen LogP) is 2.71. The summed E-state index contributed by atoms with van der Waals surface area (Å²) in [5, 5.41) is 8.70. The highest BCUT2D eigenvalue weighted by Gasteiger charge is 2.39. The average molecular weight is 305 g/mol. The lowest BCUT2D eigenvalue weighted by Crippen LogP contribution is -2.21. The lowest BCUT2D eigenvalue weighted by molar-refractivity contribution is -0.277. The number of halogens is 6. The van der Waals surface area contributed by atoms with Crippen molar-refractivity contribution in [1.29, 1.82) is 0 Å². The zero-order chi connectivity index (χ0) is 15.7. The number of rotatable bonds is 3. The van der Waals surface area contributed by atoms with Crippen molar-refractivity contribution in [2.45, 2.75) is 12.5 Å². The average Bonchev–Trinajstić information content (AvgIpc) is 2.24. The Balaban J connectivity index is 3.54. The van der Waals surface area contributed by atoms with E-state index in [4.69, 9.17) is 5.11 Å². The van der Waals surface area contributed by atoms with Crippen molar-refractivity contribution in [2.75, 3.05) is 7.11 Å². The van der Waals surface area contributed by atoms with Crippen molar-refractivity contribution in [3.05, 3.63) is 17.3 Å². The summed E-state index contributed by atoms with van der Waals surface area (Å²) < 4.78 is 81.1. The quantitative estimate of drug-likeness (QED) is 0.870. The number of hydrogen-bond acceptors (Lipinski definition) is 4. The van der Waals surface area contributed by atoms with Gasteiger partial charge in [-0.1, -0.05) is 0 Å². The summed E-state index contributed by atoms with van der Waals surface area (Å²) in [7, 11) is 0.764. The topological polar surface area (TPSA) is 68.7 Å². The molecule has 1 rings (SSSR count). The largest absolute Gasteiger partial charge is 0.574 e. The van der Waals surface area contributed by atoms with Gasteiger partial charge in [0, 0.05) is 0 Å². The maximum Gasteiger partial charge on any atom is 0.574 e. The lowest BCUT2D eigenvalue weighted by atomic mass is 10.2. The Labute approximate surface area is 106 Å². The maximum absolute atomic E-state index is 12.4. The van der Waals surface area contributed by atoms with E-state index in [1.54, 1.807) is 0 Å². The van der Waals surface area contributed by atoms with Gasteiger partial charge in [-0.25, -0.2) is 9.78 Å². The molecule has 0 spiro atoms. The van der Waals surface area contributed by atoms with Crippen molar-refractivity contribution < 1.29 is 45.7 Å². The van der Waals surface area contributed by atoms with E-state index in [9.17, 15) is 31.1 Å². The van der Waals surface area contributed by atoms with Gasteiger partial charge in [0.15, 0.2) is 5.75 Å². The molecule has 0 aromatic carbocycles. The van der Waals surface area contributed by atoms with Crippen molar-refractivity contribution in [3.63, 3.8) is 0 Å². The molecule has 0 aliphatic rings. The van der Waals surface area contributed by atoms with Crippen LogP contribution in [0.3, 0.4) is 0 Å². The molecule has 20 heavy (non-hydrogen) atoms. The zero-order valence-electron chi connectivity index (χ0n) is 9.46. The first-order chi connectivity index (χ1) is 8.95. The summed E-state index contributed by atoms with van der Waals surface area (Å²) in [6.45, 7) is 0. The Hall–Kier alpha value is -2.20. The lowest BCUT2D eigenvalue weighted by Gasteiger charge is -2.15. The van der Waals surface area contributed by atoms with Crippen LogP contribution in [0.1, 0.15) is 16.1 Å². The standard InChI is InChI=1S/C9H5F6NO4/c1-19-5-3(7(17)18)2-4(8(10,11)12)16-6(5)20-9(13,14)15/h2H,1H3,(H,17,18). The molecule has 0 aliphatic heterocycles. The number of carbonyl (C=O) groups is 1. The number of alkyl halides is 6. The fourth-order valence-electron chi connectivity index (χ4n) is 1.19. The maximum atomic E-state index is 12.4. The Bertz CT molecular complexity index is 524. The number of carboxylic acids is 1. The molecule has 0 radical (unpaired) electrons. The molecule has 1 heterocycles. The van der Waals surface area contributed by atoms with Crippen LogP contribution in [0.4, 0.5) is 26.3 Å². The van der Waals surface area contributed by atoms with Crippen LogP contribution >= 0.6 is 0 Å². The molecule has 0 aliphatic carbocycles. The van der Waals surface area contributed by atoms with Gasteiger partial charge in [-0.05, 0) is 6.07 Å². The molecule has 11 heteroatoms. The van der Waals surface area contributed by atoms with E-state index in [2.05, 4.69) is 14.5 Å². The summed E-state index contributed by atoms with van der Waals surface area (Å²) >= 11 is 0. The van der Waals surface area contributed by atoms with E-state index in [0.29, 0.717) is 0 Å². The third-order valence-corrected chi connectivity index (χ3v) is 1.88. The second-order valence-electron chi connectivity index (χ2n) is 3.24. The van der Waals surface area contributed by atoms with Crippen LogP contribution in [0.25, 0.3) is 0 Å². The van der Waals surface area contributed by atoms with E-state index in [1.165, 1.54) is 0 Å². The molecule has 1 N–H and O–H groups in total. The first kappa shape index (κ1) is 15.9. The predicted molar refractivity (Wildman–Crippen MR) is 49.4 cm³/mol. The van der Waals surface area contributed by atoms with Crippen LogP contribution in [0.2, 0.25) is 0 Å². The zero-order valence-corrected chi connectivity index (χ0v) is 9.46.